The van der Waals surface area contributed by atoms with Crippen molar-refractivity contribution in [3.8, 4) is 0 Å². The largest absolute Gasteiger partial charge is 0.392 e. The molecule has 0 spiro atoms. The summed E-state index contributed by atoms with van der Waals surface area (Å²) in [5, 5.41) is 12.8. The van der Waals surface area contributed by atoms with Gasteiger partial charge in [0.2, 0.25) is 0 Å². The zero-order chi connectivity index (χ0) is 14.7. The number of nitrogens with one attached hydrogen (secondary N) is 1. The van der Waals surface area contributed by atoms with E-state index in [1.807, 2.05) is 22.8 Å². The Labute approximate surface area is 122 Å². The van der Waals surface area contributed by atoms with Crippen LogP contribution in [0.15, 0.2) is 43.0 Å². The van der Waals surface area contributed by atoms with Gasteiger partial charge in [-0.15, -0.1) is 0 Å². The zero-order valence-electron chi connectivity index (χ0n) is 11.8. The number of anilines is 1. The monoisotopic (exact) mass is 283 g/mol. The zero-order valence-corrected chi connectivity index (χ0v) is 11.8. The molecule has 6 nitrogen and oxygen atoms in total. The lowest BCUT2D eigenvalue weighted by Gasteiger charge is -2.07. The van der Waals surface area contributed by atoms with E-state index in [0.717, 1.165) is 5.65 Å². The molecule has 0 unspecified atom stereocenters. The molecule has 21 heavy (non-hydrogen) atoms. The Balaban J connectivity index is 1.84. The molecule has 2 aromatic heterocycles. The first-order valence-corrected chi connectivity index (χ1v) is 6.86. The van der Waals surface area contributed by atoms with E-state index in [1.54, 1.807) is 13.3 Å². The van der Waals surface area contributed by atoms with Crippen LogP contribution in [-0.4, -0.2) is 30.7 Å². The lowest BCUT2D eigenvalue weighted by atomic mass is 10.2. The number of benzene rings is 1. The van der Waals surface area contributed by atoms with E-state index in [2.05, 4.69) is 32.4 Å². The number of nitrogens with zero attached hydrogens (tertiary/aromatic N) is 4. The van der Waals surface area contributed by atoms with Crippen molar-refractivity contribution in [3.63, 3.8) is 0 Å². The summed E-state index contributed by atoms with van der Waals surface area (Å²) in [6, 6.07) is 10.1. The van der Waals surface area contributed by atoms with Gasteiger partial charge in [0.1, 0.15) is 11.8 Å². The molecule has 1 aromatic carbocycles. The lowest BCUT2D eigenvalue weighted by molar-refractivity contribution is 0.175. The summed E-state index contributed by atoms with van der Waals surface area (Å²) in [6.07, 6.45) is 2.74. The molecule has 108 valence electrons. The van der Waals surface area contributed by atoms with E-state index < -0.39 is 6.10 Å². The Bertz CT molecular complexity index is 723. The first-order valence-electron chi connectivity index (χ1n) is 6.86. The van der Waals surface area contributed by atoms with Gasteiger partial charge in [-0.25, -0.2) is 15.0 Å². The molecule has 2 N–H and O–H groups in total. The summed E-state index contributed by atoms with van der Waals surface area (Å²) >= 11 is 0. The molecule has 0 aliphatic rings. The van der Waals surface area contributed by atoms with E-state index in [0.29, 0.717) is 24.4 Å². The van der Waals surface area contributed by atoms with Crippen LogP contribution in [0.25, 0.3) is 11.2 Å². The fourth-order valence-corrected chi connectivity index (χ4v) is 2.21. The molecule has 2 heterocycles. The van der Waals surface area contributed by atoms with E-state index >= 15 is 0 Å². The van der Waals surface area contributed by atoms with Crippen LogP contribution < -0.4 is 5.32 Å². The Kier molecular flexibility index (Phi) is 3.79. The minimum atomic E-state index is -0.446. The first-order chi connectivity index (χ1) is 10.2. The van der Waals surface area contributed by atoms with Gasteiger partial charge in [0.15, 0.2) is 11.5 Å². The van der Waals surface area contributed by atoms with Crippen molar-refractivity contribution in [2.75, 3.05) is 5.32 Å². The van der Waals surface area contributed by atoms with Crippen molar-refractivity contribution in [2.45, 2.75) is 26.1 Å². The fraction of sp³-hybridized carbons (Fsp3) is 0.267. The molecule has 0 fully saturated rings. The molecular formula is C15H17N5O. The van der Waals surface area contributed by atoms with Gasteiger partial charge in [0.25, 0.3) is 0 Å². The molecule has 0 radical (unpaired) electrons. The topological polar surface area (TPSA) is 75.9 Å². The highest BCUT2D eigenvalue weighted by Crippen LogP contribution is 2.18. The Morgan fingerprint density at radius 2 is 2.00 bits per heavy atom. The Hall–Kier alpha value is -2.47. The van der Waals surface area contributed by atoms with Crippen LogP contribution in [0.5, 0.6) is 0 Å². The average molecular weight is 283 g/mol. The maximum Gasteiger partial charge on any atom is 0.165 e. The van der Waals surface area contributed by atoms with Gasteiger partial charge in [-0.3, -0.25) is 0 Å². The number of hydrogen-bond donors (Lipinski definition) is 2. The summed E-state index contributed by atoms with van der Waals surface area (Å²) in [6.45, 7) is 2.88. The van der Waals surface area contributed by atoms with Crippen molar-refractivity contribution in [3.05, 3.63) is 48.5 Å². The molecule has 0 aliphatic carbocycles. The van der Waals surface area contributed by atoms with Gasteiger partial charge in [0.05, 0.1) is 19.0 Å². The molecule has 0 aliphatic heterocycles. The summed E-state index contributed by atoms with van der Waals surface area (Å²) in [4.78, 5) is 12.9. The van der Waals surface area contributed by atoms with Crippen molar-refractivity contribution >= 4 is 17.0 Å². The van der Waals surface area contributed by atoms with Gasteiger partial charge in [0, 0.05) is 6.54 Å². The molecule has 0 amide bonds. The van der Waals surface area contributed by atoms with Crippen LogP contribution in [0.4, 0.5) is 5.82 Å². The Morgan fingerprint density at radius 3 is 2.76 bits per heavy atom. The number of aliphatic hydroxyl groups is 1. The second-order valence-corrected chi connectivity index (χ2v) is 4.98. The molecule has 0 saturated carbocycles. The van der Waals surface area contributed by atoms with Crippen LogP contribution in [0.2, 0.25) is 0 Å². The number of aliphatic hydroxyl groups excluding tert-OH is 1. The summed E-state index contributed by atoms with van der Waals surface area (Å²) < 4.78 is 1.83. The van der Waals surface area contributed by atoms with Gasteiger partial charge in [-0.2, -0.15) is 0 Å². The first kappa shape index (κ1) is 13.5. The number of imidazole rings is 1. The van der Waals surface area contributed by atoms with Crippen LogP contribution in [0, 0.1) is 0 Å². The highest BCUT2D eigenvalue weighted by molar-refractivity contribution is 5.82. The highest BCUT2D eigenvalue weighted by Gasteiger charge is 2.10. The fourth-order valence-electron chi connectivity index (χ4n) is 2.21. The third-order valence-corrected chi connectivity index (χ3v) is 3.16. The predicted octanol–water partition coefficient (Wildman–Crippen LogP) is 1.82. The predicted molar refractivity (Wildman–Crippen MR) is 80.8 cm³/mol. The highest BCUT2D eigenvalue weighted by atomic mass is 16.3. The quantitative estimate of drug-likeness (QED) is 0.747. The normalized spacial score (nSPS) is 12.5. The SMILES string of the molecule is C[C@@H](O)Cn1cnc2c(NCc3ccccc3)ncnc21. The van der Waals surface area contributed by atoms with Crippen molar-refractivity contribution in [1.29, 1.82) is 0 Å². The van der Waals surface area contributed by atoms with Gasteiger partial charge >= 0.3 is 0 Å². The average Bonchev–Trinajstić information content (AvgIpc) is 2.89. The number of fused-ring (bicyclic) bond motifs is 1. The van der Waals surface area contributed by atoms with Gasteiger partial charge in [-0.05, 0) is 12.5 Å². The maximum atomic E-state index is 9.50. The van der Waals surface area contributed by atoms with Crippen LogP contribution in [-0.2, 0) is 13.1 Å². The number of rotatable bonds is 5. The van der Waals surface area contributed by atoms with Crippen molar-refractivity contribution in [1.82, 2.24) is 19.5 Å². The molecule has 0 saturated heterocycles. The third-order valence-electron chi connectivity index (χ3n) is 3.16. The van der Waals surface area contributed by atoms with E-state index in [1.165, 1.54) is 11.9 Å². The number of aromatic nitrogens is 4. The van der Waals surface area contributed by atoms with E-state index in [4.69, 9.17) is 0 Å². The van der Waals surface area contributed by atoms with Crippen molar-refractivity contribution in [2.24, 2.45) is 0 Å². The molecule has 3 rings (SSSR count). The summed E-state index contributed by atoms with van der Waals surface area (Å²) in [7, 11) is 0. The molecule has 3 aromatic rings. The van der Waals surface area contributed by atoms with Crippen LogP contribution >= 0.6 is 0 Å². The van der Waals surface area contributed by atoms with E-state index in [-0.39, 0.29) is 0 Å². The van der Waals surface area contributed by atoms with Crippen LogP contribution in [0.1, 0.15) is 12.5 Å². The summed E-state index contributed by atoms with van der Waals surface area (Å²) in [5.74, 6) is 0.702. The minimum absolute atomic E-state index is 0.446. The van der Waals surface area contributed by atoms with Crippen molar-refractivity contribution < 1.29 is 5.11 Å². The standard InChI is InChI=1S/C15H17N5O/c1-11(21)8-20-10-19-13-14(17-9-18-15(13)20)16-7-12-5-3-2-4-6-12/h2-6,9-11,21H,7-8H2,1H3,(H,16,17,18)/t11-/m1/s1. The minimum Gasteiger partial charge on any atom is -0.392 e. The summed E-state index contributed by atoms with van der Waals surface area (Å²) in [5.41, 5.74) is 2.61. The molecule has 1 atom stereocenters. The van der Waals surface area contributed by atoms with E-state index in [9.17, 15) is 5.11 Å². The van der Waals surface area contributed by atoms with Gasteiger partial charge in [-0.1, -0.05) is 30.3 Å². The molecule has 6 heteroatoms. The second kappa shape index (κ2) is 5.88. The second-order valence-electron chi connectivity index (χ2n) is 4.98. The third kappa shape index (κ3) is 3.00. The van der Waals surface area contributed by atoms with Gasteiger partial charge < -0.3 is 15.0 Å². The van der Waals surface area contributed by atoms with Crippen LogP contribution in [0.3, 0.4) is 0 Å². The molecule has 0 bridgehead atoms. The lowest BCUT2D eigenvalue weighted by Crippen LogP contribution is -2.11. The smallest absolute Gasteiger partial charge is 0.165 e. The molecular weight excluding hydrogens is 266 g/mol. The Morgan fingerprint density at radius 1 is 1.19 bits per heavy atom. The maximum absolute atomic E-state index is 9.50. The number of hydrogen-bond acceptors (Lipinski definition) is 5.